The van der Waals surface area contributed by atoms with Crippen LogP contribution < -0.4 is 10.5 Å². The second-order valence-corrected chi connectivity index (χ2v) is 9.08. The van der Waals surface area contributed by atoms with Gasteiger partial charge < -0.3 is 10.5 Å². The smallest absolute Gasteiger partial charge is 0.310 e. The minimum absolute atomic E-state index is 0.00660. The van der Waals surface area contributed by atoms with Crippen molar-refractivity contribution in [3.8, 4) is 11.8 Å². The number of allylic oxidation sites excluding steroid dienone is 1. The zero-order valence-corrected chi connectivity index (χ0v) is 15.4. The average molecular weight is 424 g/mol. The Hall–Kier alpha value is -3.25. The standard InChI is InChI=1S/C20H13F5N2OS/c21-29(22,23,24,25)14-8-5-13(6-9-14)18-16-10-7-12-3-1-2-4-15(12)19(16)28-20(27)17(18)11-26/h1-10,18H,27H2. The fraction of sp³-hybridized carbons (Fsp3) is 0.0500. The summed E-state index contributed by atoms with van der Waals surface area (Å²) in [4.78, 5) is -1.99. The maximum atomic E-state index is 13.0. The summed E-state index contributed by atoms with van der Waals surface area (Å²) in [6.07, 6.45) is 0. The van der Waals surface area contributed by atoms with Crippen LogP contribution in [0.4, 0.5) is 19.4 Å². The molecule has 0 amide bonds. The number of rotatable bonds is 2. The molecule has 3 aromatic carbocycles. The molecule has 1 heterocycles. The van der Waals surface area contributed by atoms with Crippen LogP contribution in [-0.4, -0.2) is 0 Å². The van der Waals surface area contributed by atoms with Crippen LogP contribution in [0.2, 0.25) is 0 Å². The maximum absolute atomic E-state index is 13.0. The van der Waals surface area contributed by atoms with Crippen molar-refractivity contribution in [1.29, 1.82) is 5.26 Å². The van der Waals surface area contributed by atoms with E-state index in [1.165, 1.54) is 0 Å². The van der Waals surface area contributed by atoms with Crippen LogP contribution in [0.3, 0.4) is 0 Å². The highest BCUT2D eigenvalue weighted by Crippen LogP contribution is 3.02. The molecule has 0 fully saturated rings. The van der Waals surface area contributed by atoms with Crippen molar-refractivity contribution in [1.82, 2.24) is 0 Å². The molecule has 0 saturated carbocycles. The van der Waals surface area contributed by atoms with E-state index < -0.39 is 21.0 Å². The van der Waals surface area contributed by atoms with Crippen molar-refractivity contribution in [2.75, 3.05) is 0 Å². The van der Waals surface area contributed by atoms with Gasteiger partial charge in [-0.1, -0.05) is 68.0 Å². The van der Waals surface area contributed by atoms with E-state index in [0.717, 1.165) is 17.5 Å². The fourth-order valence-electron chi connectivity index (χ4n) is 3.45. The molecule has 0 aromatic heterocycles. The predicted molar refractivity (Wildman–Crippen MR) is 101 cm³/mol. The van der Waals surface area contributed by atoms with Crippen LogP contribution in [-0.2, 0) is 0 Å². The molecule has 3 nitrogen and oxygen atoms in total. The Balaban J connectivity index is 1.92. The molecular weight excluding hydrogens is 411 g/mol. The third kappa shape index (κ3) is 3.25. The number of nitriles is 1. The highest BCUT2D eigenvalue weighted by molar-refractivity contribution is 8.45. The van der Waals surface area contributed by atoms with E-state index in [2.05, 4.69) is 0 Å². The van der Waals surface area contributed by atoms with Gasteiger partial charge in [0.1, 0.15) is 22.3 Å². The Morgan fingerprint density at radius 3 is 2.17 bits per heavy atom. The molecule has 1 aliphatic rings. The summed E-state index contributed by atoms with van der Waals surface area (Å²) in [6, 6.07) is 15.2. The zero-order valence-electron chi connectivity index (χ0n) is 14.6. The van der Waals surface area contributed by atoms with Crippen LogP contribution in [0.1, 0.15) is 17.0 Å². The van der Waals surface area contributed by atoms with Crippen LogP contribution in [0.5, 0.6) is 5.75 Å². The molecular formula is C20H13F5N2OS. The second-order valence-electron chi connectivity index (χ2n) is 6.67. The molecule has 1 aliphatic heterocycles. The SMILES string of the molecule is N#CC1=C(N)Oc2c(ccc3ccccc23)C1c1ccc(S(F)(F)(F)(F)F)cc1. The number of ether oxygens (including phenoxy) is 1. The van der Waals surface area contributed by atoms with Crippen LogP contribution in [0.25, 0.3) is 10.8 Å². The number of halogens is 5. The molecule has 29 heavy (non-hydrogen) atoms. The number of fused-ring (bicyclic) bond motifs is 3. The van der Waals surface area contributed by atoms with Crippen molar-refractivity contribution in [3.63, 3.8) is 0 Å². The highest BCUT2D eigenvalue weighted by Gasteiger charge is 2.65. The Bertz CT molecular complexity index is 1230. The summed E-state index contributed by atoms with van der Waals surface area (Å²) >= 11 is 0. The Morgan fingerprint density at radius 1 is 0.897 bits per heavy atom. The van der Waals surface area contributed by atoms with Crippen molar-refractivity contribution in [2.24, 2.45) is 5.73 Å². The lowest BCUT2D eigenvalue weighted by Crippen LogP contribution is -2.21. The number of nitrogens with zero attached hydrogens (tertiary/aromatic N) is 1. The topological polar surface area (TPSA) is 59.0 Å². The van der Waals surface area contributed by atoms with E-state index in [-0.39, 0.29) is 17.0 Å². The van der Waals surface area contributed by atoms with Gasteiger partial charge in [-0.3, -0.25) is 0 Å². The molecule has 0 spiro atoms. The fourth-order valence-corrected chi connectivity index (χ4v) is 4.10. The molecule has 150 valence electrons. The van der Waals surface area contributed by atoms with Gasteiger partial charge >= 0.3 is 10.2 Å². The highest BCUT2D eigenvalue weighted by atomic mass is 32.5. The molecule has 0 saturated heterocycles. The Kier molecular flexibility index (Phi) is 3.57. The maximum Gasteiger partial charge on any atom is 0.310 e. The second kappa shape index (κ2) is 5.42. The summed E-state index contributed by atoms with van der Waals surface area (Å²) in [5, 5.41) is 11.1. The van der Waals surface area contributed by atoms with Gasteiger partial charge in [0.05, 0.1) is 5.92 Å². The lowest BCUT2D eigenvalue weighted by molar-refractivity contribution is 0.364. The Morgan fingerprint density at radius 2 is 1.55 bits per heavy atom. The predicted octanol–water partition coefficient (Wildman–Crippen LogP) is 6.72. The molecule has 0 aliphatic carbocycles. The van der Waals surface area contributed by atoms with Crippen molar-refractivity contribution < 1.29 is 24.2 Å². The minimum atomic E-state index is -9.79. The van der Waals surface area contributed by atoms with Gasteiger partial charge in [-0.15, -0.1) is 0 Å². The molecule has 4 rings (SSSR count). The van der Waals surface area contributed by atoms with Crippen molar-refractivity contribution >= 4 is 21.0 Å². The molecule has 0 bridgehead atoms. The van der Waals surface area contributed by atoms with Gasteiger partial charge in [-0.2, -0.15) is 5.26 Å². The lowest BCUT2D eigenvalue weighted by atomic mass is 9.82. The van der Waals surface area contributed by atoms with E-state index in [1.54, 1.807) is 24.3 Å². The van der Waals surface area contributed by atoms with E-state index >= 15 is 0 Å². The average Bonchev–Trinajstić information content (AvgIpc) is 2.65. The van der Waals surface area contributed by atoms with E-state index in [0.29, 0.717) is 28.8 Å². The summed E-state index contributed by atoms with van der Waals surface area (Å²) in [6.45, 7) is 0. The van der Waals surface area contributed by atoms with Gasteiger partial charge in [-0.25, -0.2) is 0 Å². The lowest BCUT2D eigenvalue weighted by Gasteiger charge is -2.40. The third-order valence-corrected chi connectivity index (χ3v) is 5.93. The zero-order chi connectivity index (χ0) is 21.1. The third-order valence-electron chi connectivity index (χ3n) is 4.77. The first kappa shape index (κ1) is 19.1. The summed E-state index contributed by atoms with van der Waals surface area (Å²) in [5.41, 5.74) is 6.62. The van der Waals surface area contributed by atoms with Gasteiger partial charge in [-0.05, 0) is 23.1 Å². The molecule has 2 N–H and O–H groups in total. The molecule has 1 unspecified atom stereocenters. The van der Waals surface area contributed by atoms with Gasteiger partial charge in [0.15, 0.2) is 0 Å². The van der Waals surface area contributed by atoms with Crippen molar-refractivity contribution in [3.05, 3.63) is 83.2 Å². The molecule has 0 radical (unpaired) electrons. The van der Waals surface area contributed by atoms with Gasteiger partial charge in [0.25, 0.3) is 0 Å². The molecule has 3 aromatic rings. The first-order chi connectivity index (χ1) is 13.4. The van der Waals surface area contributed by atoms with E-state index in [9.17, 15) is 24.7 Å². The quantitative estimate of drug-likeness (QED) is 0.465. The summed E-state index contributed by atoms with van der Waals surface area (Å²) < 4.78 is 70.8. The summed E-state index contributed by atoms with van der Waals surface area (Å²) in [5.74, 6) is -0.652. The van der Waals surface area contributed by atoms with E-state index in [1.807, 2.05) is 18.2 Å². The van der Waals surface area contributed by atoms with Gasteiger partial charge in [0, 0.05) is 10.9 Å². The monoisotopic (exact) mass is 424 g/mol. The van der Waals surface area contributed by atoms with Crippen LogP contribution in [0, 0.1) is 11.3 Å². The Labute approximate surface area is 162 Å². The largest absolute Gasteiger partial charge is 0.440 e. The molecule has 1 atom stereocenters. The molecule has 9 heteroatoms. The normalized spacial score (nSPS) is 19.0. The van der Waals surface area contributed by atoms with Crippen LogP contribution in [0.15, 0.2) is 77.0 Å². The number of nitrogens with two attached hydrogens (primary N) is 1. The van der Waals surface area contributed by atoms with E-state index in [4.69, 9.17) is 10.5 Å². The first-order valence-corrected chi connectivity index (χ1v) is 10.3. The van der Waals surface area contributed by atoms with Crippen molar-refractivity contribution in [2.45, 2.75) is 10.8 Å². The number of benzene rings is 3. The van der Waals surface area contributed by atoms with Gasteiger partial charge in [0.2, 0.25) is 5.88 Å². The number of hydrogen-bond donors (Lipinski definition) is 1. The summed E-state index contributed by atoms with van der Waals surface area (Å²) in [7, 11) is -9.79. The number of hydrogen-bond acceptors (Lipinski definition) is 3. The van der Waals surface area contributed by atoms with Crippen LogP contribution >= 0.6 is 10.2 Å². The minimum Gasteiger partial charge on any atom is -0.440 e. The first-order valence-electron chi connectivity index (χ1n) is 8.32.